The largest absolute Gasteiger partial charge is 0.465 e. The minimum Gasteiger partial charge on any atom is -0.465 e. The highest BCUT2D eigenvalue weighted by Crippen LogP contribution is 2.33. The maximum atomic E-state index is 11.6. The number of piperidine rings is 1. The Morgan fingerprint density at radius 3 is 2.68 bits per heavy atom. The zero-order valence-electron chi connectivity index (χ0n) is 14.1. The summed E-state index contributed by atoms with van der Waals surface area (Å²) in [5, 5.41) is 15.6. The lowest BCUT2D eigenvalue weighted by Gasteiger charge is -2.32. The molecule has 1 aliphatic rings. The van der Waals surface area contributed by atoms with Crippen LogP contribution in [-0.2, 0) is 11.8 Å². The molecular formula is C16H19N5O4. The summed E-state index contributed by atoms with van der Waals surface area (Å²) in [6.07, 6.45) is 4.81. The van der Waals surface area contributed by atoms with Crippen molar-refractivity contribution in [1.29, 1.82) is 0 Å². The number of hydrogen-bond acceptors (Lipinski definition) is 7. The van der Waals surface area contributed by atoms with Gasteiger partial charge in [-0.25, -0.2) is 9.78 Å². The van der Waals surface area contributed by atoms with Gasteiger partial charge in [0.05, 0.1) is 17.6 Å². The number of carbonyl (C=O) groups excluding carboxylic acids is 1. The van der Waals surface area contributed by atoms with Crippen LogP contribution in [0.4, 0.5) is 11.5 Å². The summed E-state index contributed by atoms with van der Waals surface area (Å²) < 4.78 is 6.47. The Bertz CT molecular complexity index is 796. The van der Waals surface area contributed by atoms with Gasteiger partial charge >= 0.3 is 11.7 Å². The van der Waals surface area contributed by atoms with Gasteiger partial charge in [-0.05, 0) is 18.9 Å². The molecule has 0 N–H and O–H groups in total. The smallest absolute Gasteiger partial charge is 0.339 e. The van der Waals surface area contributed by atoms with E-state index >= 15 is 0 Å². The lowest BCUT2D eigenvalue weighted by Crippen LogP contribution is -2.34. The Hall–Kier alpha value is -2.97. The summed E-state index contributed by atoms with van der Waals surface area (Å²) in [7, 11) is 3.14. The quantitative estimate of drug-likeness (QED) is 0.473. The molecule has 1 saturated heterocycles. The average molecular weight is 345 g/mol. The van der Waals surface area contributed by atoms with Crippen LogP contribution in [0, 0.1) is 10.1 Å². The lowest BCUT2D eigenvalue weighted by atomic mass is 9.93. The first-order valence-corrected chi connectivity index (χ1v) is 7.97. The number of esters is 1. The highest BCUT2D eigenvalue weighted by atomic mass is 16.6. The van der Waals surface area contributed by atoms with E-state index in [0.717, 1.165) is 12.8 Å². The van der Waals surface area contributed by atoms with E-state index in [4.69, 9.17) is 0 Å². The van der Waals surface area contributed by atoms with Gasteiger partial charge < -0.3 is 9.64 Å². The van der Waals surface area contributed by atoms with Crippen LogP contribution in [0.3, 0.4) is 0 Å². The van der Waals surface area contributed by atoms with Gasteiger partial charge in [0.15, 0.2) is 0 Å². The van der Waals surface area contributed by atoms with Gasteiger partial charge in [0.1, 0.15) is 0 Å². The first-order chi connectivity index (χ1) is 12.0. The Labute approximate surface area is 144 Å². The standard InChI is InChI=1S/C16H19N5O4/c1-19-13(3-6-18-19)11-4-7-20(8-5-11)15-14(21(23)24)9-12(10-17-15)16(22)25-2/h3,6,9-11H,4-5,7-8H2,1-2H3. The first kappa shape index (κ1) is 16.9. The molecule has 9 heteroatoms. The van der Waals surface area contributed by atoms with Crippen molar-refractivity contribution < 1.29 is 14.5 Å². The summed E-state index contributed by atoms with van der Waals surface area (Å²) in [4.78, 5) is 28.5. The number of ether oxygens (including phenoxy) is 1. The van der Waals surface area contributed by atoms with Crippen molar-refractivity contribution in [2.75, 3.05) is 25.1 Å². The van der Waals surface area contributed by atoms with Crippen LogP contribution in [0.2, 0.25) is 0 Å². The molecule has 0 spiro atoms. The van der Waals surface area contributed by atoms with Crippen LogP contribution in [-0.4, -0.2) is 45.9 Å². The lowest BCUT2D eigenvalue weighted by molar-refractivity contribution is -0.384. The number of nitrogens with zero attached hydrogens (tertiary/aromatic N) is 5. The van der Waals surface area contributed by atoms with Gasteiger partial charge in [0, 0.05) is 50.2 Å². The number of rotatable bonds is 4. The van der Waals surface area contributed by atoms with Gasteiger partial charge in [0.2, 0.25) is 5.82 Å². The number of hydrogen-bond donors (Lipinski definition) is 0. The fourth-order valence-electron chi connectivity index (χ4n) is 3.23. The molecule has 0 amide bonds. The highest BCUT2D eigenvalue weighted by Gasteiger charge is 2.28. The molecule has 25 heavy (non-hydrogen) atoms. The van der Waals surface area contributed by atoms with Crippen LogP contribution in [0.15, 0.2) is 24.5 Å². The molecule has 3 rings (SSSR count). The van der Waals surface area contributed by atoms with E-state index < -0.39 is 10.9 Å². The van der Waals surface area contributed by atoms with Crippen LogP contribution >= 0.6 is 0 Å². The topological polar surface area (TPSA) is 103 Å². The van der Waals surface area contributed by atoms with Crippen molar-refractivity contribution in [3.63, 3.8) is 0 Å². The number of pyridine rings is 1. The van der Waals surface area contributed by atoms with E-state index in [1.165, 1.54) is 25.1 Å². The number of carbonyl (C=O) groups is 1. The van der Waals surface area contributed by atoms with Crippen molar-refractivity contribution in [2.24, 2.45) is 7.05 Å². The predicted octanol–water partition coefficient (Wildman–Crippen LogP) is 1.89. The third-order valence-electron chi connectivity index (χ3n) is 4.54. The molecule has 1 aliphatic heterocycles. The molecule has 2 aromatic rings. The molecule has 0 atom stereocenters. The van der Waals surface area contributed by atoms with E-state index in [9.17, 15) is 14.9 Å². The SMILES string of the molecule is COC(=O)c1cnc(N2CCC(c3ccnn3C)CC2)c([N+](=O)[O-])c1. The number of anilines is 1. The van der Waals surface area contributed by atoms with Crippen molar-refractivity contribution >= 4 is 17.5 Å². The van der Waals surface area contributed by atoms with Crippen molar-refractivity contribution in [3.8, 4) is 0 Å². The molecule has 0 bridgehead atoms. The van der Waals surface area contributed by atoms with Gasteiger partial charge in [-0.2, -0.15) is 5.10 Å². The average Bonchev–Trinajstić information content (AvgIpc) is 3.06. The minimum absolute atomic E-state index is 0.0720. The second-order valence-corrected chi connectivity index (χ2v) is 5.96. The van der Waals surface area contributed by atoms with Gasteiger partial charge in [-0.15, -0.1) is 0 Å². The minimum atomic E-state index is -0.642. The summed E-state index contributed by atoms with van der Waals surface area (Å²) in [5.41, 5.74) is 1.06. The fourth-order valence-corrected chi connectivity index (χ4v) is 3.23. The summed E-state index contributed by atoms with van der Waals surface area (Å²) >= 11 is 0. The second-order valence-electron chi connectivity index (χ2n) is 5.96. The zero-order valence-corrected chi connectivity index (χ0v) is 14.1. The highest BCUT2D eigenvalue weighted by molar-refractivity contribution is 5.90. The molecule has 2 aromatic heterocycles. The molecule has 0 unspecified atom stereocenters. The van der Waals surface area contributed by atoms with Crippen LogP contribution in [0.25, 0.3) is 0 Å². The maximum absolute atomic E-state index is 11.6. The van der Waals surface area contributed by atoms with Gasteiger partial charge in [-0.1, -0.05) is 0 Å². The van der Waals surface area contributed by atoms with Gasteiger partial charge in [0.25, 0.3) is 0 Å². The Kier molecular flexibility index (Phi) is 4.64. The Balaban J connectivity index is 1.80. The van der Waals surface area contributed by atoms with E-state index in [-0.39, 0.29) is 11.3 Å². The summed E-state index contributed by atoms with van der Waals surface area (Å²) in [5.74, 6) is 0.0234. The molecule has 9 nitrogen and oxygen atoms in total. The summed E-state index contributed by atoms with van der Waals surface area (Å²) in [6.45, 7) is 1.31. The molecule has 3 heterocycles. The maximum Gasteiger partial charge on any atom is 0.339 e. The molecular weight excluding hydrogens is 326 g/mol. The van der Waals surface area contributed by atoms with E-state index in [1.807, 2.05) is 22.7 Å². The monoisotopic (exact) mass is 345 g/mol. The van der Waals surface area contributed by atoms with Crippen molar-refractivity contribution in [1.82, 2.24) is 14.8 Å². The molecule has 0 radical (unpaired) electrons. The van der Waals surface area contributed by atoms with E-state index in [0.29, 0.717) is 24.8 Å². The fraction of sp³-hybridized carbons (Fsp3) is 0.438. The van der Waals surface area contributed by atoms with Crippen molar-refractivity contribution in [3.05, 3.63) is 45.9 Å². The number of methoxy groups -OCH3 is 1. The van der Waals surface area contributed by atoms with Crippen molar-refractivity contribution in [2.45, 2.75) is 18.8 Å². The second kappa shape index (κ2) is 6.88. The van der Waals surface area contributed by atoms with E-state index in [1.54, 1.807) is 6.20 Å². The number of nitro groups is 1. The normalized spacial score (nSPS) is 15.2. The Morgan fingerprint density at radius 2 is 2.12 bits per heavy atom. The summed E-state index contributed by atoms with van der Waals surface area (Å²) in [6, 6.07) is 3.23. The molecule has 132 valence electrons. The first-order valence-electron chi connectivity index (χ1n) is 7.97. The van der Waals surface area contributed by atoms with E-state index in [2.05, 4.69) is 14.8 Å². The Morgan fingerprint density at radius 1 is 1.40 bits per heavy atom. The van der Waals surface area contributed by atoms with Crippen LogP contribution in [0.5, 0.6) is 0 Å². The number of aromatic nitrogens is 3. The predicted molar refractivity (Wildman–Crippen MR) is 89.6 cm³/mol. The molecule has 0 aliphatic carbocycles. The molecule has 0 saturated carbocycles. The molecule has 1 fully saturated rings. The number of aryl methyl sites for hydroxylation is 1. The van der Waals surface area contributed by atoms with Crippen LogP contribution < -0.4 is 4.90 Å². The van der Waals surface area contributed by atoms with Crippen LogP contribution in [0.1, 0.15) is 34.8 Å². The third kappa shape index (κ3) is 3.30. The third-order valence-corrected chi connectivity index (χ3v) is 4.54. The van der Waals surface area contributed by atoms with Gasteiger partial charge in [-0.3, -0.25) is 14.8 Å². The zero-order chi connectivity index (χ0) is 18.0. The molecule has 0 aromatic carbocycles.